The summed E-state index contributed by atoms with van der Waals surface area (Å²) in [5.41, 5.74) is 1.23. The van der Waals surface area contributed by atoms with Crippen LogP contribution in [0.25, 0.3) is 0 Å². The van der Waals surface area contributed by atoms with Crippen LogP contribution in [0.4, 0.5) is 0 Å². The Labute approximate surface area is 199 Å². The summed E-state index contributed by atoms with van der Waals surface area (Å²) < 4.78 is 17.1. The van der Waals surface area contributed by atoms with Crippen molar-refractivity contribution in [1.29, 1.82) is 0 Å². The maximum Gasteiger partial charge on any atom is 0.194 e. The van der Waals surface area contributed by atoms with E-state index in [0.29, 0.717) is 38.9 Å². The second-order valence-corrected chi connectivity index (χ2v) is 7.42. The quantitative estimate of drug-likeness (QED) is 0.170. The summed E-state index contributed by atoms with van der Waals surface area (Å²) in [5, 5.41) is 3.41. The molecule has 1 aliphatic rings. The van der Waals surface area contributed by atoms with Gasteiger partial charge >= 0.3 is 0 Å². The molecule has 2 rings (SSSR count). The number of guanidine groups is 1. The number of aliphatic imine (C=N–C) groups is 1. The first-order valence-electron chi connectivity index (χ1n) is 11.1. The van der Waals surface area contributed by atoms with Crippen LogP contribution in [0, 0.1) is 5.92 Å². The zero-order valence-corrected chi connectivity index (χ0v) is 21.0. The zero-order valence-electron chi connectivity index (χ0n) is 18.7. The Morgan fingerprint density at radius 1 is 1.07 bits per heavy atom. The third-order valence-corrected chi connectivity index (χ3v) is 4.90. The number of ether oxygens (including phenoxy) is 3. The molecule has 7 heteroatoms. The zero-order chi connectivity index (χ0) is 20.6. The maximum absolute atomic E-state index is 5.93. The molecule has 0 spiro atoms. The number of nitrogens with zero attached hydrogens (tertiary/aromatic N) is 2. The molecule has 30 heavy (non-hydrogen) atoms. The lowest BCUT2D eigenvalue weighted by atomic mass is 10.1. The van der Waals surface area contributed by atoms with Crippen LogP contribution in [-0.4, -0.2) is 70.1 Å². The number of halogens is 1. The summed E-state index contributed by atoms with van der Waals surface area (Å²) in [6.45, 7) is 12.1. The fraction of sp³-hybridized carbons (Fsp3) is 0.696. The third-order valence-electron chi connectivity index (χ3n) is 4.90. The van der Waals surface area contributed by atoms with Gasteiger partial charge in [0.25, 0.3) is 0 Å². The lowest BCUT2D eigenvalue weighted by Gasteiger charge is -2.21. The van der Waals surface area contributed by atoms with Crippen LogP contribution in [0.2, 0.25) is 0 Å². The summed E-state index contributed by atoms with van der Waals surface area (Å²) in [6.07, 6.45) is 3.43. The van der Waals surface area contributed by atoms with Crippen molar-refractivity contribution < 1.29 is 14.2 Å². The summed E-state index contributed by atoms with van der Waals surface area (Å²) in [6, 6.07) is 10.4. The molecule has 6 nitrogen and oxygen atoms in total. The molecule has 1 aromatic carbocycles. The molecular formula is C23H40IN3O3. The minimum absolute atomic E-state index is 0. The van der Waals surface area contributed by atoms with Crippen molar-refractivity contribution in [3.8, 4) is 0 Å². The molecule has 1 aromatic rings. The van der Waals surface area contributed by atoms with E-state index in [0.717, 1.165) is 51.6 Å². The molecule has 1 fully saturated rings. The number of nitrogens with one attached hydrogen (secondary N) is 1. The molecule has 1 unspecified atom stereocenters. The number of hydrogen-bond donors (Lipinski definition) is 1. The second kappa shape index (κ2) is 17.7. The van der Waals surface area contributed by atoms with Crippen molar-refractivity contribution in [3.63, 3.8) is 0 Å². The minimum atomic E-state index is 0. The van der Waals surface area contributed by atoms with E-state index in [-0.39, 0.29) is 24.0 Å². The molecule has 0 saturated carbocycles. The van der Waals surface area contributed by atoms with Gasteiger partial charge in [0.15, 0.2) is 5.96 Å². The molecule has 0 aliphatic carbocycles. The average molecular weight is 533 g/mol. The number of unbranched alkanes of at least 4 members (excludes halogenated alkanes) is 1. The normalized spacial score (nSPS) is 16.5. The van der Waals surface area contributed by atoms with Crippen molar-refractivity contribution in [2.75, 3.05) is 59.2 Å². The van der Waals surface area contributed by atoms with Crippen molar-refractivity contribution in [2.24, 2.45) is 10.9 Å². The number of likely N-dealkylation sites (tertiary alicyclic amines) is 1. The smallest absolute Gasteiger partial charge is 0.194 e. The van der Waals surface area contributed by atoms with Gasteiger partial charge in [-0.2, -0.15) is 0 Å². The van der Waals surface area contributed by atoms with E-state index in [1.54, 1.807) is 0 Å². The van der Waals surface area contributed by atoms with E-state index >= 15 is 0 Å². The number of benzene rings is 1. The topological polar surface area (TPSA) is 55.3 Å². The van der Waals surface area contributed by atoms with Crippen molar-refractivity contribution in [2.45, 2.75) is 39.7 Å². The molecular weight excluding hydrogens is 493 g/mol. The molecule has 1 heterocycles. The maximum atomic E-state index is 5.93. The van der Waals surface area contributed by atoms with Crippen LogP contribution in [0.1, 0.15) is 38.7 Å². The standard InChI is InChI=1S/C23H39N3O3.HI/c1-3-5-14-27-16-17-28-15-12-25-23(24-4-2)26-13-11-22(18-26)20-29-19-21-9-7-6-8-10-21;/h6-10,22H,3-5,11-20H2,1-2H3,(H,24,25);1H. The van der Waals surface area contributed by atoms with Gasteiger partial charge in [-0.3, -0.25) is 4.99 Å². The van der Waals surface area contributed by atoms with Crippen LogP contribution >= 0.6 is 24.0 Å². The van der Waals surface area contributed by atoms with Gasteiger partial charge in [0, 0.05) is 32.2 Å². The lowest BCUT2D eigenvalue weighted by molar-refractivity contribution is 0.0497. The van der Waals surface area contributed by atoms with Gasteiger partial charge in [-0.05, 0) is 25.3 Å². The van der Waals surface area contributed by atoms with E-state index in [9.17, 15) is 0 Å². The van der Waals surface area contributed by atoms with Crippen molar-refractivity contribution >= 4 is 29.9 Å². The first kappa shape index (κ1) is 27.1. The Kier molecular flexibility index (Phi) is 16.1. The molecule has 172 valence electrons. The Hall–Kier alpha value is -0.900. The molecule has 0 amide bonds. The van der Waals surface area contributed by atoms with Gasteiger partial charge in [0.1, 0.15) is 0 Å². The monoisotopic (exact) mass is 533 g/mol. The van der Waals surface area contributed by atoms with Gasteiger partial charge < -0.3 is 24.4 Å². The van der Waals surface area contributed by atoms with Crippen LogP contribution in [-0.2, 0) is 20.8 Å². The highest BCUT2D eigenvalue weighted by molar-refractivity contribution is 14.0. The molecule has 1 saturated heterocycles. The number of rotatable bonds is 14. The molecule has 1 N–H and O–H groups in total. The largest absolute Gasteiger partial charge is 0.379 e. The molecule has 0 bridgehead atoms. The highest BCUT2D eigenvalue weighted by Crippen LogP contribution is 2.17. The fourth-order valence-electron chi connectivity index (χ4n) is 3.29. The first-order valence-corrected chi connectivity index (χ1v) is 11.1. The summed E-state index contributed by atoms with van der Waals surface area (Å²) in [7, 11) is 0. The lowest BCUT2D eigenvalue weighted by Crippen LogP contribution is -2.40. The first-order chi connectivity index (χ1) is 14.3. The Morgan fingerprint density at radius 2 is 1.83 bits per heavy atom. The van der Waals surface area contributed by atoms with Gasteiger partial charge in [-0.1, -0.05) is 43.7 Å². The Balaban J connectivity index is 0.00000450. The minimum Gasteiger partial charge on any atom is -0.379 e. The predicted octanol–water partition coefficient (Wildman–Crippen LogP) is 3.94. The van der Waals surface area contributed by atoms with Gasteiger partial charge in [-0.15, -0.1) is 24.0 Å². The van der Waals surface area contributed by atoms with E-state index in [2.05, 4.69) is 48.3 Å². The third kappa shape index (κ3) is 11.5. The molecule has 0 radical (unpaired) electrons. The van der Waals surface area contributed by atoms with E-state index in [1.807, 2.05) is 6.07 Å². The number of hydrogen-bond acceptors (Lipinski definition) is 4. The van der Waals surface area contributed by atoms with Gasteiger partial charge in [-0.25, -0.2) is 0 Å². The molecule has 1 atom stereocenters. The van der Waals surface area contributed by atoms with Crippen LogP contribution < -0.4 is 5.32 Å². The van der Waals surface area contributed by atoms with Crippen LogP contribution in [0.3, 0.4) is 0 Å². The summed E-state index contributed by atoms with van der Waals surface area (Å²) in [5.74, 6) is 1.54. The SMILES string of the molecule is CCCCOCCOCCN=C(NCC)N1CCC(COCc2ccccc2)C1.I. The van der Waals surface area contributed by atoms with Crippen LogP contribution in [0.5, 0.6) is 0 Å². The molecule has 1 aliphatic heterocycles. The fourth-order valence-corrected chi connectivity index (χ4v) is 3.29. The predicted molar refractivity (Wildman–Crippen MR) is 134 cm³/mol. The van der Waals surface area contributed by atoms with Crippen molar-refractivity contribution in [3.05, 3.63) is 35.9 Å². The highest BCUT2D eigenvalue weighted by atomic mass is 127. The Morgan fingerprint density at radius 3 is 2.57 bits per heavy atom. The van der Waals surface area contributed by atoms with Crippen molar-refractivity contribution in [1.82, 2.24) is 10.2 Å². The van der Waals surface area contributed by atoms with E-state index in [4.69, 9.17) is 19.2 Å². The molecule has 0 aromatic heterocycles. The Bertz CT molecular complexity index is 560. The average Bonchev–Trinajstić information content (AvgIpc) is 3.21. The van der Waals surface area contributed by atoms with E-state index < -0.39 is 0 Å². The van der Waals surface area contributed by atoms with Gasteiger partial charge in [0.2, 0.25) is 0 Å². The van der Waals surface area contributed by atoms with Gasteiger partial charge in [0.05, 0.1) is 39.6 Å². The van der Waals surface area contributed by atoms with Crippen LogP contribution in [0.15, 0.2) is 35.3 Å². The van der Waals surface area contributed by atoms with E-state index in [1.165, 1.54) is 12.0 Å². The highest BCUT2D eigenvalue weighted by Gasteiger charge is 2.24. The summed E-state index contributed by atoms with van der Waals surface area (Å²) >= 11 is 0. The summed E-state index contributed by atoms with van der Waals surface area (Å²) in [4.78, 5) is 7.07. The second-order valence-electron chi connectivity index (χ2n) is 7.42.